The summed E-state index contributed by atoms with van der Waals surface area (Å²) in [6, 6.07) is 7.61. The molecule has 2 rings (SSSR count). The topological polar surface area (TPSA) is 69.6 Å². The van der Waals surface area contributed by atoms with Gasteiger partial charge in [0, 0.05) is 30.1 Å². The summed E-state index contributed by atoms with van der Waals surface area (Å²) in [6.07, 6.45) is 0.701. The zero-order valence-electron chi connectivity index (χ0n) is 14.8. The average molecular weight is 355 g/mol. The number of rotatable bonds is 5. The molecular formula is C18H27ClN2O3. The highest BCUT2D eigenvalue weighted by atomic mass is 35.5. The summed E-state index contributed by atoms with van der Waals surface area (Å²) in [5.74, 6) is -1.04. The maximum Gasteiger partial charge on any atom is 0.326 e. The van der Waals surface area contributed by atoms with Gasteiger partial charge in [0.25, 0.3) is 0 Å². The van der Waals surface area contributed by atoms with Crippen LogP contribution < -0.4 is 5.32 Å². The molecule has 1 aromatic rings. The summed E-state index contributed by atoms with van der Waals surface area (Å²) < 4.78 is 0. The standard InChI is InChI=1S/C12H12ClNO3.C6H15N/c13-9-3-1-8(2-4-9)7-14-10(12(16)17)5-6-11(14)15;1-5(2)7-6(3)4/h1-4,10H,5-7H2,(H,16,17);5-7H,1-4H3/t10-;/m0./s1. The van der Waals surface area contributed by atoms with E-state index in [0.29, 0.717) is 36.5 Å². The number of halogens is 1. The van der Waals surface area contributed by atoms with Crippen molar-refractivity contribution >= 4 is 23.5 Å². The van der Waals surface area contributed by atoms with E-state index in [1.165, 1.54) is 4.90 Å². The zero-order chi connectivity index (χ0) is 18.3. The van der Waals surface area contributed by atoms with E-state index in [1.807, 2.05) is 0 Å². The number of hydrogen-bond donors (Lipinski definition) is 2. The monoisotopic (exact) mass is 354 g/mol. The van der Waals surface area contributed by atoms with Crippen molar-refractivity contribution in [3.63, 3.8) is 0 Å². The first-order valence-electron chi connectivity index (χ1n) is 8.23. The lowest BCUT2D eigenvalue weighted by molar-refractivity contribution is -0.146. The third kappa shape index (κ3) is 6.89. The van der Waals surface area contributed by atoms with Crippen LogP contribution in [0.4, 0.5) is 0 Å². The van der Waals surface area contributed by atoms with Crippen LogP contribution in [0.1, 0.15) is 46.1 Å². The molecule has 0 saturated carbocycles. The van der Waals surface area contributed by atoms with Gasteiger partial charge in [-0.15, -0.1) is 0 Å². The van der Waals surface area contributed by atoms with E-state index in [9.17, 15) is 9.59 Å². The van der Waals surface area contributed by atoms with Gasteiger partial charge in [0.2, 0.25) is 5.91 Å². The van der Waals surface area contributed by atoms with Crippen molar-refractivity contribution in [1.29, 1.82) is 0 Å². The van der Waals surface area contributed by atoms with Gasteiger partial charge >= 0.3 is 5.97 Å². The maximum absolute atomic E-state index is 11.6. The first-order valence-corrected chi connectivity index (χ1v) is 8.61. The van der Waals surface area contributed by atoms with Crippen molar-refractivity contribution in [3.8, 4) is 0 Å². The van der Waals surface area contributed by atoms with Crippen LogP contribution in [0.3, 0.4) is 0 Å². The first kappa shape index (κ1) is 20.5. The van der Waals surface area contributed by atoms with Gasteiger partial charge < -0.3 is 15.3 Å². The fraction of sp³-hybridized carbons (Fsp3) is 0.556. The molecule has 1 heterocycles. The highest BCUT2D eigenvalue weighted by molar-refractivity contribution is 6.30. The summed E-state index contributed by atoms with van der Waals surface area (Å²) in [4.78, 5) is 24.0. The van der Waals surface area contributed by atoms with Crippen molar-refractivity contribution in [2.75, 3.05) is 0 Å². The number of nitrogens with zero attached hydrogens (tertiary/aromatic N) is 1. The minimum atomic E-state index is -0.940. The number of aliphatic carboxylic acids is 1. The minimum Gasteiger partial charge on any atom is -0.480 e. The van der Waals surface area contributed by atoms with Crippen LogP contribution in [0.5, 0.6) is 0 Å². The SMILES string of the molecule is CC(C)NC(C)C.O=C(O)[C@@H]1CCC(=O)N1Cc1ccc(Cl)cc1. The van der Waals surface area contributed by atoms with E-state index in [2.05, 4.69) is 33.0 Å². The maximum atomic E-state index is 11.6. The Morgan fingerprint density at radius 2 is 1.79 bits per heavy atom. The second-order valence-electron chi connectivity index (χ2n) is 6.52. The molecule has 1 atom stereocenters. The van der Waals surface area contributed by atoms with E-state index < -0.39 is 12.0 Å². The Morgan fingerprint density at radius 3 is 2.21 bits per heavy atom. The van der Waals surface area contributed by atoms with Crippen molar-refractivity contribution in [3.05, 3.63) is 34.9 Å². The number of carbonyl (C=O) groups is 2. The summed E-state index contributed by atoms with van der Waals surface area (Å²) in [5.41, 5.74) is 0.885. The normalized spacial score (nSPS) is 17.2. The third-order valence-electron chi connectivity index (χ3n) is 3.55. The minimum absolute atomic E-state index is 0.104. The Labute approximate surface area is 149 Å². The first-order chi connectivity index (χ1) is 11.2. The van der Waals surface area contributed by atoms with Gasteiger partial charge in [-0.05, 0) is 24.1 Å². The molecule has 134 valence electrons. The van der Waals surface area contributed by atoms with Crippen LogP contribution in [0.15, 0.2) is 24.3 Å². The molecule has 1 aromatic carbocycles. The molecule has 0 aliphatic carbocycles. The number of amides is 1. The van der Waals surface area contributed by atoms with E-state index in [4.69, 9.17) is 16.7 Å². The van der Waals surface area contributed by atoms with Crippen molar-refractivity contribution in [1.82, 2.24) is 10.2 Å². The van der Waals surface area contributed by atoms with E-state index >= 15 is 0 Å². The molecule has 6 heteroatoms. The van der Waals surface area contributed by atoms with Gasteiger partial charge in [-0.3, -0.25) is 4.79 Å². The highest BCUT2D eigenvalue weighted by Gasteiger charge is 2.35. The molecular weight excluding hydrogens is 328 g/mol. The summed E-state index contributed by atoms with van der Waals surface area (Å²) in [7, 11) is 0. The number of carbonyl (C=O) groups excluding carboxylic acids is 1. The molecule has 24 heavy (non-hydrogen) atoms. The van der Waals surface area contributed by atoms with E-state index in [0.717, 1.165) is 5.56 Å². The Kier molecular flexibility index (Phi) is 8.22. The van der Waals surface area contributed by atoms with Crippen LogP contribution >= 0.6 is 11.6 Å². The van der Waals surface area contributed by atoms with Crippen molar-refractivity contribution < 1.29 is 14.7 Å². The van der Waals surface area contributed by atoms with Crippen molar-refractivity contribution in [2.45, 2.75) is 65.2 Å². The van der Waals surface area contributed by atoms with Crippen LogP contribution in [-0.2, 0) is 16.1 Å². The van der Waals surface area contributed by atoms with Crippen LogP contribution in [0.25, 0.3) is 0 Å². The zero-order valence-corrected chi connectivity index (χ0v) is 15.5. The lowest BCUT2D eigenvalue weighted by atomic mass is 10.2. The molecule has 0 aromatic heterocycles. The summed E-state index contributed by atoms with van der Waals surface area (Å²) >= 11 is 5.76. The largest absolute Gasteiger partial charge is 0.480 e. The quantitative estimate of drug-likeness (QED) is 0.851. The molecule has 1 aliphatic rings. The summed E-state index contributed by atoms with van der Waals surface area (Å²) in [5, 5.41) is 12.9. The fourth-order valence-electron chi connectivity index (χ4n) is 2.64. The summed E-state index contributed by atoms with van der Waals surface area (Å²) in [6.45, 7) is 8.94. The van der Waals surface area contributed by atoms with Crippen LogP contribution in [0, 0.1) is 0 Å². The van der Waals surface area contributed by atoms with Crippen molar-refractivity contribution in [2.24, 2.45) is 0 Å². The number of carboxylic acid groups (broad SMARTS) is 1. The second kappa shape index (κ2) is 9.64. The number of hydrogen-bond acceptors (Lipinski definition) is 3. The predicted molar refractivity (Wildman–Crippen MR) is 96.1 cm³/mol. The molecule has 1 saturated heterocycles. The number of carboxylic acids is 1. The van der Waals surface area contributed by atoms with Gasteiger partial charge in [0.15, 0.2) is 0 Å². The van der Waals surface area contributed by atoms with Gasteiger partial charge in [0.05, 0.1) is 0 Å². The molecule has 2 N–H and O–H groups in total. The third-order valence-corrected chi connectivity index (χ3v) is 3.80. The lowest BCUT2D eigenvalue weighted by Crippen LogP contribution is -2.37. The van der Waals surface area contributed by atoms with Gasteiger partial charge in [-0.25, -0.2) is 4.79 Å². The van der Waals surface area contributed by atoms with Gasteiger partial charge in [-0.1, -0.05) is 51.4 Å². The second-order valence-corrected chi connectivity index (χ2v) is 6.95. The van der Waals surface area contributed by atoms with Crippen LogP contribution in [-0.4, -0.2) is 40.0 Å². The molecule has 1 amide bonds. The number of likely N-dealkylation sites (tertiary alicyclic amines) is 1. The van der Waals surface area contributed by atoms with E-state index in [-0.39, 0.29) is 5.91 Å². The molecule has 1 fully saturated rings. The van der Waals surface area contributed by atoms with Crippen LogP contribution in [0.2, 0.25) is 5.02 Å². The Bertz CT molecular complexity index is 538. The Morgan fingerprint density at radius 1 is 1.25 bits per heavy atom. The average Bonchev–Trinajstić information content (AvgIpc) is 2.82. The molecule has 0 bridgehead atoms. The highest BCUT2D eigenvalue weighted by Crippen LogP contribution is 2.22. The molecule has 1 aliphatic heterocycles. The number of nitrogens with one attached hydrogen (secondary N) is 1. The smallest absolute Gasteiger partial charge is 0.326 e. The fourth-order valence-corrected chi connectivity index (χ4v) is 2.77. The van der Waals surface area contributed by atoms with Gasteiger partial charge in [0.1, 0.15) is 6.04 Å². The molecule has 5 nitrogen and oxygen atoms in total. The van der Waals surface area contributed by atoms with E-state index in [1.54, 1.807) is 24.3 Å². The molecule has 0 unspecified atom stereocenters. The Hall–Kier alpha value is -1.59. The predicted octanol–water partition coefficient (Wildman–Crippen LogP) is 3.31. The molecule has 0 radical (unpaired) electrons. The Balaban J connectivity index is 0.000000351. The molecule has 0 spiro atoms. The van der Waals surface area contributed by atoms with Gasteiger partial charge in [-0.2, -0.15) is 0 Å². The lowest BCUT2D eigenvalue weighted by Gasteiger charge is -2.21. The number of benzene rings is 1.